The largest absolute Gasteiger partial charge is 0.480 e. The van der Waals surface area contributed by atoms with Gasteiger partial charge in [-0.05, 0) is 31.0 Å². The molecule has 0 heterocycles. The van der Waals surface area contributed by atoms with Crippen LogP contribution in [0.2, 0.25) is 0 Å². The molecule has 0 saturated carbocycles. The van der Waals surface area contributed by atoms with Crippen molar-refractivity contribution in [1.29, 1.82) is 0 Å². The van der Waals surface area contributed by atoms with Gasteiger partial charge in [0, 0.05) is 22.6 Å². The van der Waals surface area contributed by atoms with Gasteiger partial charge in [0.05, 0.1) is 6.54 Å². The van der Waals surface area contributed by atoms with E-state index in [9.17, 15) is 4.79 Å². The highest BCUT2D eigenvalue weighted by molar-refractivity contribution is 7.98. The Balaban J connectivity index is 2.30. The maximum Gasteiger partial charge on any atom is 0.317 e. The zero-order chi connectivity index (χ0) is 18.1. The number of aliphatic carboxylic acids is 1. The Hall–Kier alpha value is -2.48. The lowest BCUT2D eigenvalue weighted by Crippen LogP contribution is -2.25. The number of rotatable bonds is 6. The minimum Gasteiger partial charge on any atom is -0.480 e. The monoisotopic (exact) mass is 351 g/mol. The molecule has 0 aliphatic heterocycles. The average Bonchev–Trinajstić information content (AvgIpc) is 2.62. The second kappa shape index (κ2) is 9.73. The van der Waals surface area contributed by atoms with Crippen molar-refractivity contribution in [2.45, 2.75) is 4.90 Å². The molecule has 0 radical (unpaired) electrons. The van der Waals surface area contributed by atoms with Crippen LogP contribution in [0.1, 0.15) is 11.1 Å². The molecular weight excluding hydrogens is 330 g/mol. The van der Waals surface area contributed by atoms with Crippen LogP contribution in [-0.4, -0.2) is 42.4 Å². The molecule has 1 N–H and O–H groups in total. The quantitative estimate of drug-likeness (QED) is 0.634. The smallest absolute Gasteiger partial charge is 0.317 e. The summed E-state index contributed by atoms with van der Waals surface area (Å²) < 4.78 is 0. The normalized spacial score (nSPS) is 11.1. The van der Waals surface area contributed by atoms with E-state index < -0.39 is 5.97 Å². The molecule has 0 atom stereocenters. The van der Waals surface area contributed by atoms with Gasteiger partial charge in [0.2, 0.25) is 0 Å². The highest BCUT2D eigenvalue weighted by atomic mass is 32.2. The van der Waals surface area contributed by atoms with Crippen LogP contribution < -0.4 is 0 Å². The first-order valence-corrected chi connectivity index (χ1v) is 9.13. The highest BCUT2D eigenvalue weighted by Crippen LogP contribution is 2.19. The second-order valence-electron chi connectivity index (χ2n) is 5.52. The van der Waals surface area contributed by atoms with Gasteiger partial charge in [0.25, 0.3) is 0 Å². The third-order valence-corrected chi connectivity index (χ3v) is 4.33. The molecule has 0 unspecified atom stereocenters. The Labute approximate surface area is 153 Å². The Morgan fingerprint density at radius 2 is 1.84 bits per heavy atom. The van der Waals surface area contributed by atoms with Crippen molar-refractivity contribution in [3.63, 3.8) is 0 Å². The molecule has 0 bridgehead atoms. The molecule has 0 saturated heterocycles. The molecule has 2 rings (SSSR count). The van der Waals surface area contributed by atoms with Gasteiger partial charge in [-0.3, -0.25) is 9.69 Å². The average molecular weight is 351 g/mol. The lowest BCUT2D eigenvalue weighted by atomic mass is 10.1. The topological polar surface area (TPSA) is 40.5 Å². The van der Waals surface area contributed by atoms with Crippen LogP contribution >= 0.6 is 11.8 Å². The lowest BCUT2D eigenvalue weighted by Gasteiger charge is -2.11. The standard InChI is InChI=1S/C21H21NO2S/c1-22(16-21(23)24)15-14-18(17-8-4-3-5-9-17)12-13-19-10-6-7-11-20(19)25-2/h3-11,14H,15-16H2,1-2H3,(H,23,24). The van der Waals surface area contributed by atoms with Crippen LogP contribution in [0.3, 0.4) is 0 Å². The van der Waals surface area contributed by atoms with Gasteiger partial charge in [-0.15, -0.1) is 11.8 Å². The summed E-state index contributed by atoms with van der Waals surface area (Å²) in [6.45, 7) is 0.524. The number of carboxylic acid groups (broad SMARTS) is 1. The fraction of sp³-hybridized carbons (Fsp3) is 0.190. The third-order valence-electron chi connectivity index (χ3n) is 3.54. The van der Waals surface area contributed by atoms with Gasteiger partial charge in [0.1, 0.15) is 0 Å². The zero-order valence-corrected chi connectivity index (χ0v) is 15.2. The van der Waals surface area contributed by atoms with E-state index in [1.807, 2.05) is 60.9 Å². The second-order valence-corrected chi connectivity index (χ2v) is 6.37. The van der Waals surface area contributed by atoms with Crippen LogP contribution in [0.5, 0.6) is 0 Å². The maximum absolute atomic E-state index is 10.8. The first kappa shape index (κ1) is 18.9. The van der Waals surface area contributed by atoms with E-state index in [-0.39, 0.29) is 6.54 Å². The number of allylic oxidation sites excluding steroid dienone is 1. The minimum atomic E-state index is -0.836. The zero-order valence-electron chi connectivity index (χ0n) is 14.4. The van der Waals surface area contributed by atoms with Crippen LogP contribution in [0.4, 0.5) is 0 Å². The predicted octanol–water partition coefficient (Wildman–Crippen LogP) is 3.86. The number of carbonyl (C=O) groups is 1. The summed E-state index contributed by atoms with van der Waals surface area (Å²) in [6, 6.07) is 18.0. The van der Waals surface area contributed by atoms with Gasteiger partial charge in [0.15, 0.2) is 0 Å². The summed E-state index contributed by atoms with van der Waals surface area (Å²) in [5, 5.41) is 8.88. The summed E-state index contributed by atoms with van der Waals surface area (Å²) in [6.07, 6.45) is 4.02. The van der Waals surface area contributed by atoms with E-state index in [1.165, 1.54) is 0 Å². The van der Waals surface area contributed by atoms with Gasteiger partial charge >= 0.3 is 5.97 Å². The maximum atomic E-state index is 10.8. The molecule has 0 aliphatic rings. The molecule has 128 valence electrons. The molecule has 0 fully saturated rings. The number of nitrogens with zero attached hydrogens (tertiary/aromatic N) is 1. The van der Waals surface area contributed by atoms with Crippen molar-refractivity contribution in [2.75, 3.05) is 26.4 Å². The number of hydrogen-bond donors (Lipinski definition) is 1. The SMILES string of the molecule is CSc1ccccc1C#CC(=CCN(C)CC(=O)O)c1ccccc1. The van der Waals surface area contributed by atoms with Gasteiger partial charge in [-0.2, -0.15) is 0 Å². The number of hydrogen-bond acceptors (Lipinski definition) is 3. The molecule has 0 spiro atoms. The van der Waals surface area contributed by atoms with E-state index >= 15 is 0 Å². The number of thioether (sulfide) groups is 1. The Kier molecular flexibility index (Phi) is 7.34. The molecular formula is C21H21NO2S. The van der Waals surface area contributed by atoms with Crippen molar-refractivity contribution < 1.29 is 9.90 Å². The van der Waals surface area contributed by atoms with Crippen LogP contribution in [0.15, 0.2) is 65.6 Å². The highest BCUT2D eigenvalue weighted by Gasteiger charge is 2.04. The van der Waals surface area contributed by atoms with Crippen molar-refractivity contribution >= 4 is 23.3 Å². The number of carboxylic acids is 1. The Bertz CT molecular complexity index is 803. The molecule has 25 heavy (non-hydrogen) atoms. The Morgan fingerprint density at radius 3 is 2.52 bits per heavy atom. The Morgan fingerprint density at radius 1 is 1.16 bits per heavy atom. The molecule has 2 aromatic rings. The first-order chi connectivity index (χ1) is 12.1. The van der Waals surface area contributed by atoms with E-state index in [4.69, 9.17) is 5.11 Å². The van der Waals surface area contributed by atoms with Gasteiger partial charge in [-0.1, -0.05) is 60.4 Å². The van der Waals surface area contributed by atoms with E-state index in [0.717, 1.165) is 21.6 Å². The minimum absolute atomic E-state index is 0.00130. The van der Waals surface area contributed by atoms with Gasteiger partial charge < -0.3 is 5.11 Å². The molecule has 3 nitrogen and oxygen atoms in total. The molecule has 0 amide bonds. The summed E-state index contributed by atoms with van der Waals surface area (Å²) in [4.78, 5) is 13.7. The summed E-state index contributed by atoms with van der Waals surface area (Å²) in [5.74, 6) is 5.68. The fourth-order valence-electron chi connectivity index (χ4n) is 2.28. The summed E-state index contributed by atoms with van der Waals surface area (Å²) in [7, 11) is 1.78. The van der Waals surface area contributed by atoms with Crippen LogP contribution in [0, 0.1) is 11.8 Å². The summed E-state index contributed by atoms with van der Waals surface area (Å²) >= 11 is 1.67. The lowest BCUT2D eigenvalue weighted by molar-refractivity contribution is -0.137. The fourth-order valence-corrected chi connectivity index (χ4v) is 2.84. The third kappa shape index (κ3) is 6.15. The molecule has 0 aliphatic carbocycles. The van der Waals surface area contributed by atoms with E-state index in [2.05, 4.69) is 17.9 Å². The number of benzene rings is 2. The van der Waals surface area contributed by atoms with Crippen LogP contribution in [0.25, 0.3) is 5.57 Å². The summed E-state index contributed by atoms with van der Waals surface area (Å²) in [5.41, 5.74) is 2.92. The first-order valence-electron chi connectivity index (χ1n) is 7.91. The molecule has 2 aromatic carbocycles. The van der Waals surface area contributed by atoms with Crippen molar-refractivity contribution in [3.05, 3.63) is 71.8 Å². The molecule has 0 aromatic heterocycles. The van der Waals surface area contributed by atoms with Crippen molar-refractivity contribution in [1.82, 2.24) is 4.90 Å². The van der Waals surface area contributed by atoms with E-state index in [1.54, 1.807) is 23.7 Å². The van der Waals surface area contributed by atoms with E-state index in [0.29, 0.717) is 6.54 Å². The van der Waals surface area contributed by atoms with Crippen molar-refractivity contribution in [2.24, 2.45) is 0 Å². The predicted molar refractivity (Wildman–Crippen MR) is 105 cm³/mol. The van der Waals surface area contributed by atoms with Gasteiger partial charge in [-0.25, -0.2) is 0 Å². The molecule has 4 heteroatoms. The number of likely N-dealkylation sites (N-methyl/N-ethyl adjacent to an activating group) is 1. The van der Waals surface area contributed by atoms with Crippen LogP contribution in [-0.2, 0) is 4.79 Å². The van der Waals surface area contributed by atoms with Crippen molar-refractivity contribution in [3.8, 4) is 11.8 Å².